The van der Waals surface area contributed by atoms with E-state index in [9.17, 15) is 4.79 Å². The van der Waals surface area contributed by atoms with Gasteiger partial charge in [-0.15, -0.1) is 0 Å². The fourth-order valence-electron chi connectivity index (χ4n) is 2.43. The number of rotatable bonds is 4. The largest absolute Gasteiger partial charge is 0.325 e. The third kappa shape index (κ3) is 2.52. The molecule has 2 N–H and O–H groups in total. The first kappa shape index (κ1) is 13.4. The lowest BCUT2D eigenvalue weighted by molar-refractivity contribution is -0.115. The van der Waals surface area contributed by atoms with Gasteiger partial charge in [0, 0.05) is 16.8 Å². The number of amides is 1. The van der Waals surface area contributed by atoms with Crippen molar-refractivity contribution in [2.24, 2.45) is 5.92 Å². The molecule has 2 rings (SSSR count). The molecule has 0 saturated carbocycles. The van der Waals surface area contributed by atoms with Gasteiger partial charge in [-0.05, 0) is 29.7 Å². The summed E-state index contributed by atoms with van der Waals surface area (Å²) >= 11 is 6.34. The molecule has 1 aromatic carbocycles. The molecule has 0 radical (unpaired) electrons. The van der Waals surface area contributed by atoms with E-state index >= 15 is 0 Å². The van der Waals surface area contributed by atoms with Gasteiger partial charge in [0.1, 0.15) is 0 Å². The summed E-state index contributed by atoms with van der Waals surface area (Å²) in [6.07, 6.45) is 0.455. The van der Waals surface area contributed by atoms with Crippen molar-refractivity contribution in [3.05, 3.63) is 28.3 Å². The lowest BCUT2D eigenvalue weighted by Crippen LogP contribution is -2.25. The minimum absolute atomic E-state index is 0.0442. The Morgan fingerprint density at radius 3 is 2.78 bits per heavy atom. The number of benzene rings is 1. The number of hydrogen-bond acceptors (Lipinski definition) is 2. The Bertz CT molecular complexity index is 471. The van der Waals surface area contributed by atoms with Crippen LogP contribution in [0.4, 0.5) is 5.69 Å². The number of fused-ring (bicyclic) bond motifs is 1. The lowest BCUT2D eigenvalue weighted by atomic mass is 9.94. The van der Waals surface area contributed by atoms with Crippen LogP contribution in [-0.2, 0) is 11.2 Å². The van der Waals surface area contributed by atoms with E-state index < -0.39 is 0 Å². The third-order valence-electron chi connectivity index (χ3n) is 3.27. The molecule has 4 heteroatoms. The molecule has 98 valence electrons. The summed E-state index contributed by atoms with van der Waals surface area (Å²) in [6.45, 7) is 7.32. The molecule has 1 aliphatic rings. The first-order valence-corrected chi connectivity index (χ1v) is 6.76. The fraction of sp³-hybridized carbons (Fsp3) is 0.500. The summed E-state index contributed by atoms with van der Waals surface area (Å²) in [5, 5.41) is 6.99. The van der Waals surface area contributed by atoms with Crippen LogP contribution >= 0.6 is 11.6 Å². The first-order valence-electron chi connectivity index (χ1n) is 6.38. The van der Waals surface area contributed by atoms with Gasteiger partial charge in [-0.25, -0.2) is 0 Å². The zero-order valence-corrected chi connectivity index (χ0v) is 11.8. The Morgan fingerprint density at radius 2 is 2.17 bits per heavy atom. The molecule has 0 fully saturated rings. The molecule has 1 unspecified atom stereocenters. The van der Waals surface area contributed by atoms with Crippen LogP contribution < -0.4 is 10.6 Å². The molecule has 1 aromatic rings. The molecule has 0 aliphatic carbocycles. The van der Waals surface area contributed by atoms with Crippen LogP contribution in [0.1, 0.15) is 37.9 Å². The topological polar surface area (TPSA) is 41.1 Å². The minimum Gasteiger partial charge on any atom is -0.325 e. The van der Waals surface area contributed by atoms with Crippen molar-refractivity contribution in [1.29, 1.82) is 0 Å². The van der Waals surface area contributed by atoms with Gasteiger partial charge in [0.2, 0.25) is 5.91 Å². The summed E-state index contributed by atoms with van der Waals surface area (Å²) in [5.41, 5.74) is 2.99. The van der Waals surface area contributed by atoms with Gasteiger partial charge < -0.3 is 10.6 Å². The highest BCUT2D eigenvalue weighted by molar-refractivity contribution is 6.32. The van der Waals surface area contributed by atoms with E-state index in [0.29, 0.717) is 12.3 Å². The Hall–Kier alpha value is -1.06. The van der Waals surface area contributed by atoms with E-state index in [4.69, 9.17) is 11.6 Å². The standard InChI is InChI=1S/C14H19ClN2O/c1-4-16-14(8(2)3)10-5-9-6-13(18)17-12(9)7-11(10)15/h5,7-8,14,16H,4,6H2,1-3H3,(H,17,18). The van der Waals surface area contributed by atoms with Crippen LogP contribution in [0.3, 0.4) is 0 Å². The van der Waals surface area contributed by atoms with Gasteiger partial charge in [0.25, 0.3) is 0 Å². The van der Waals surface area contributed by atoms with E-state index in [-0.39, 0.29) is 11.9 Å². The number of carbonyl (C=O) groups is 1. The summed E-state index contributed by atoms with van der Waals surface area (Å²) in [4.78, 5) is 11.4. The highest BCUT2D eigenvalue weighted by atomic mass is 35.5. The van der Waals surface area contributed by atoms with Gasteiger partial charge >= 0.3 is 0 Å². The van der Waals surface area contributed by atoms with Gasteiger partial charge in [0.05, 0.1) is 6.42 Å². The number of halogens is 1. The Labute approximate surface area is 113 Å². The third-order valence-corrected chi connectivity index (χ3v) is 3.60. The molecule has 1 aliphatic heterocycles. The van der Waals surface area contributed by atoms with Crippen LogP contribution in [0.15, 0.2) is 12.1 Å². The average molecular weight is 267 g/mol. The molecule has 1 amide bonds. The van der Waals surface area contributed by atoms with E-state index in [1.165, 1.54) is 0 Å². The van der Waals surface area contributed by atoms with Crippen LogP contribution in [0.25, 0.3) is 0 Å². The second-order valence-corrected chi connectivity index (χ2v) is 5.44. The first-order chi connectivity index (χ1) is 8.52. The highest BCUT2D eigenvalue weighted by Crippen LogP contribution is 2.35. The molecule has 1 atom stereocenters. The Balaban J connectivity index is 2.39. The van der Waals surface area contributed by atoms with Crippen molar-refractivity contribution in [2.75, 3.05) is 11.9 Å². The van der Waals surface area contributed by atoms with E-state index in [0.717, 1.165) is 28.4 Å². The molecule has 0 spiro atoms. The maximum Gasteiger partial charge on any atom is 0.228 e. The van der Waals surface area contributed by atoms with Crippen molar-refractivity contribution < 1.29 is 4.79 Å². The summed E-state index contributed by atoms with van der Waals surface area (Å²) in [7, 11) is 0. The quantitative estimate of drug-likeness (QED) is 0.879. The van der Waals surface area contributed by atoms with Gasteiger partial charge in [0.15, 0.2) is 0 Å². The van der Waals surface area contributed by atoms with Crippen molar-refractivity contribution in [3.8, 4) is 0 Å². The molecule has 18 heavy (non-hydrogen) atoms. The lowest BCUT2D eigenvalue weighted by Gasteiger charge is -2.24. The number of nitrogens with one attached hydrogen (secondary N) is 2. The molecular formula is C14H19ClN2O. The SMILES string of the molecule is CCNC(c1cc2c(cc1Cl)NC(=O)C2)C(C)C. The number of anilines is 1. The van der Waals surface area contributed by atoms with Crippen LogP contribution in [0.5, 0.6) is 0 Å². The molecule has 0 bridgehead atoms. The Kier molecular flexibility index (Phi) is 3.93. The highest BCUT2D eigenvalue weighted by Gasteiger charge is 2.23. The van der Waals surface area contributed by atoms with E-state index in [2.05, 4.69) is 37.5 Å². The van der Waals surface area contributed by atoms with Crippen molar-refractivity contribution in [2.45, 2.75) is 33.2 Å². The molecular weight excluding hydrogens is 248 g/mol. The van der Waals surface area contributed by atoms with Crippen molar-refractivity contribution in [3.63, 3.8) is 0 Å². The second kappa shape index (κ2) is 5.29. The molecule has 3 nitrogen and oxygen atoms in total. The van der Waals surface area contributed by atoms with E-state index in [1.54, 1.807) is 0 Å². The number of carbonyl (C=O) groups excluding carboxylic acids is 1. The van der Waals surface area contributed by atoms with Crippen molar-refractivity contribution >= 4 is 23.2 Å². The van der Waals surface area contributed by atoms with Crippen LogP contribution in [-0.4, -0.2) is 12.5 Å². The predicted molar refractivity (Wildman–Crippen MR) is 75.0 cm³/mol. The summed E-state index contributed by atoms with van der Waals surface area (Å²) < 4.78 is 0. The monoisotopic (exact) mass is 266 g/mol. The summed E-state index contributed by atoms with van der Waals surface area (Å²) in [6, 6.07) is 4.15. The summed E-state index contributed by atoms with van der Waals surface area (Å²) in [5.74, 6) is 0.494. The Morgan fingerprint density at radius 1 is 1.44 bits per heavy atom. The minimum atomic E-state index is 0.0442. The average Bonchev–Trinajstić information content (AvgIpc) is 2.64. The normalized spacial score (nSPS) is 15.7. The zero-order chi connectivity index (χ0) is 13.3. The molecule has 0 saturated heterocycles. The van der Waals surface area contributed by atoms with E-state index in [1.807, 2.05) is 6.07 Å². The van der Waals surface area contributed by atoms with Crippen molar-refractivity contribution in [1.82, 2.24) is 5.32 Å². The van der Waals surface area contributed by atoms with Gasteiger partial charge in [-0.1, -0.05) is 38.4 Å². The maximum absolute atomic E-state index is 11.4. The fourth-order valence-corrected chi connectivity index (χ4v) is 2.71. The maximum atomic E-state index is 11.4. The predicted octanol–water partition coefficient (Wildman–Crippen LogP) is 3.14. The van der Waals surface area contributed by atoms with Crippen LogP contribution in [0, 0.1) is 5.92 Å². The zero-order valence-electron chi connectivity index (χ0n) is 11.0. The van der Waals surface area contributed by atoms with Gasteiger partial charge in [-0.2, -0.15) is 0 Å². The van der Waals surface area contributed by atoms with Gasteiger partial charge in [-0.3, -0.25) is 4.79 Å². The number of hydrogen-bond donors (Lipinski definition) is 2. The molecule has 1 heterocycles. The van der Waals surface area contributed by atoms with Crippen LogP contribution in [0.2, 0.25) is 5.02 Å². The second-order valence-electron chi connectivity index (χ2n) is 5.04. The molecule has 0 aromatic heterocycles. The smallest absolute Gasteiger partial charge is 0.228 e.